The van der Waals surface area contributed by atoms with Gasteiger partial charge in [0.05, 0.1) is 23.9 Å². The third-order valence-corrected chi connectivity index (χ3v) is 6.12. The summed E-state index contributed by atoms with van der Waals surface area (Å²) in [5.41, 5.74) is 5.06. The summed E-state index contributed by atoms with van der Waals surface area (Å²) in [4.78, 5) is 20.4. The van der Waals surface area contributed by atoms with Crippen LogP contribution >= 0.6 is 15.9 Å². The van der Waals surface area contributed by atoms with Gasteiger partial charge in [-0.1, -0.05) is 0 Å². The molecule has 2 aliphatic rings. The minimum atomic E-state index is -0.874. The minimum absolute atomic E-state index is 0.371. The number of aryl methyl sites for hydroxylation is 2. The number of nitrogens with zero attached hydrogens (tertiary/aromatic N) is 3. The third-order valence-electron chi connectivity index (χ3n) is 5.21. The molecule has 0 amide bonds. The van der Waals surface area contributed by atoms with Crippen LogP contribution in [0, 0.1) is 0 Å². The lowest BCUT2D eigenvalue weighted by atomic mass is 9.85. The molecule has 2 N–H and O–H groups in total. The molecule has 2 heterocycles. The van der Waals surface area contributed by atoms with Gasteiger partial charge >= 0.3 is 5.97 Å². The van der Waals surface area contributed by atoms with Crippen molar-refractivity contribution in [1.82, 2.24) is 9.55 Å². The van der Waals surface area contributed by atoms with Crippen LogP contribution in [0.1, 0.15) is 45.6 Å². The average molecular weight is 417 g/mol. The normalized spacial score (nSPS) is 15.7. The lowest BCUT2D eigenvalue weighted by Crippen LogP contribution is -2.14. The van der Waals surface area contributed by atoms with Gasteiger partial charge in [-0.2, -0.15) is 0 Å². The first kappa shape index (κ1) is 17.3. The Kier molecular flexibility index (Phi) is 4.80. The van der Waals surface area contributed by atoms with Crippen LogP contribution in [0.4, 0.5) is 5.82 Å². The molecule has 4 rings (SSSR count). The van der Waals surface area contributed by atoms with E-state index in [1.807, 2.05) is 12.4 Å². The molecule has 0 saturated heterocycles. The summed E-state index contributed by atoms with van der Waals surface area (Å²) in [6, 6.07) is 1.85. The molecular formula is C19H21BrN4O2. The topological polar surface area (TPSA) is 79.5 Å². The zero-order valence-corrected chi connectivity index (χ0v) is 16.0. The van der Waals surface area contributed by atoms with Gasteiger partial charge in [0.2, 0.25) is 0 Å². The minimum Gasteiger partial charge on any atom is -0.478 e. The van der Waals surface area contributed by atoms with Crippen LogP contribution in [-0.2, 0) is 32.2 Å². The number of hydrogen-bond acceptors (Lipinski definition) is 4. The summed E-state index contributed by atoms with van der Waals surface area (Å²) in [7, 11) is 0. The highest BCUT2D eigenvalue weighted by Gasteiger charge is 2.22. The fraction of sp³-hybridized carbons (Fsp3) is 0.421. The fourth-order valence-corrected chi connectivity index (χ4v) is 4.61. The first-order chi connectivity index (χ1) is 12.6. The highest BCUT2D eigenvalue weighted by molar-refractivity contribution is 9.10. The van der Waals surface area contributed by atoms with Gasteiger partial charge in [-0.25, -0.2) is 9.78 Å². The fourth-order valence-electron chi connectivity index (χ4n) is 3.89. The molecule has 0 bridgehead atoms. The number of aromatic carboxylic acids is 1. The number of fused-ring (bicyclic) bond motifs is 2. The number of benzene rings is 1. The average Bonchev–Trinajstić information content (AvgIpc) is 2.87. The SMILES string of the molecule is O=C(O)c1cc(CCn2cnc3c2NC=NCC3)c2c(c1Br)CCCC2. The Hall–Kier alpha value is -2.15. The molecule has 0 atom stereocenters. The number of anilines is 1. The number of imidazole rings is 1. The van der Waals surface area contributed by atoms with Crippen molar-refractivity contribution in [2.45, 2.75) is 45.1 Å². The molecule has 6 nitrogen and oxygen atoms in total. The third kappa shape index (κ3) is 3.16. The smallest absolute Gasteiger partial charge is 0.336 e. The molecule has 0 spiro atoms. The number of carbonyl (C=O) groups is 1. The Bertz CT molecular complexity index is 888. The summed E-state index contributed by atoms with van der Waals surface area (Å²) in [6.45, 7) is 1.51. The largest absolute Gasteiger partial charge is 0.478 e. The van der Waals surface area contributed by atoms with Crippen LogP contribution < -0.4 is 5.32 Å². The summed E-state index contributed by atoms with van der Waals surface area (Å²) in [5.74, 6) is 0.122. The van der Waals surface area contributed by atoms with Crippen molar-refractivity contribution in [3.05, 3.63) is 44.8 Å². The maximum atomic E-state index is 11.7. The Labute approximate surface area is 160 Å². The number of nitrogens with one attached hydrogen (secondary N) is 1. The zero-order chi connectivity index (χ0) is 18.1. The van der Waals surface area contributed by atoms with Crippen LogP contribution in [0.5, 0.6) is 0 Å². The number of aromatic nitrogens is 2. The zero-order valence-electron chi connectivity index (χ0n) is 14.5. The van der Waals surface area contributed by atoms with Crippen LogP contribution in [0.15, 0.2) is 21.9 Å². The Balaban J connectivity index is 1.64. The Morgan fingerprint density at radius 2 is 2.08 bits per heavy atom. The first-order valence-electron chi connectivity index (χ1n) is 9.00. The molecule has 7 heteroatoms. The number of carboxylic acid groups (broad SMARTS) is 1. The predicted octanol–water partition coefficient (Wildman–Crippen LogP) is 3.46. The predicted molar refractivity (Wildman–Crippen MR) is 104 cm³/mol. The van der Waals surface area contributed by atoms with Crippen LogP contribution in [-0.4, -0.2) is 33.5 Å². The Morgan fingerprint density at radius 3 is 2.88 bits per heavy atom. The maximum Gasteiger partial charge on any atom is 0.336 e. The number of aliphatic imine (C=N–C) groups is 1. The summed E-state index contributed by atoms with van der Waals surface area (Å²) >= 11 is 3.53. The lowest BCUT2D eigenvalue weighted by Gasteiger charge is -2.23. The lowest BCUT2D eigenvalue weighted by molar-refractivity contribution is 0.0695. The highest BCUT2D eigenvalue weighted by Crippen LogP contribution is 2.34. The van der Waals surface area contributed by atoms with Gasteiger partial charge in [0.1, 0.15) is 5.82 Å². The first-order valence-corrected chi connectivity index (χ1v) is 9.79. The van der Waals surface area contributed by atoms with Crippen molar-refractivity contribution in [3.8, 4) is 0 Å². The molecule has 1 aromatic carbocycles. The second-order valence-corrected chi connectivity index (χ2v) is 7.57. The molecule has 0 saturated carbocycles. The van der Waals surface area contributed by atoms with Gasteiger partial charge in [0.15, 0.2) is 0 Å². The van der Waals surface area contributed by atoms with Crippen molar-refractivity contribution in [2.24, 2.45) is 4.99 Å². The molecule has 0 radical (unpaired) electrons. The maximum absolute atomic E-state index is 11.7. The second-order valence-electron chi connectivity index (χ2n) is 6.78. The standard InChI is InChI=1S/C19H21BrN4O2/c20-17-14-4-2-1-3-13(14)12(9-15(17)19(25)26)6-8-24-11-23-16-5-7-21-10-22-18(16)24/h9-11H,1-8H2,(H,21,22)(H,25,26). The summed E-state index contributed by atoms with van der Waals surface area (Å²) in [6.07, 6.45) is 9.47. The molecule has 136 valence electrons. The van der Waals surface area contributed by atoms with Gasteiger partial charge in [-0.15, -0.1) is 0 Å². The Morgan fingerprint density at radius 1 is 1.27 bits per heavy atom. The molecule has 1 aliphatic carbocycles. The second kappa shape index (κ2) is 7.23. The van der Waals surface area contributed by atoms with Crippen LogP contribution in [0.3, 0.4) is 0 Å². The van der Waals surface area contributed by atoms with E-state index in [4.69, 9.17) is 0 Å². The molecular weight excluding hydrogens is 396 g/mol. The van der Waals surface area contributed by atoms with E-state index in [-0.39, 0.29) is 0 Å². The van der Waals surface area contributed by atoms with Crippen molar-refractivity contribution in [2.75, 3.05) is 11.9 Å². The van der Waals surface area contributed by atoms with Gasteiger partial charge in [-0.3, -0.25) is 4.99 Å². The molecule has 0 fully saturated rings. The van der Waals surface area contributed by atoms with E-state index in [2.05, 4.69) is 35.8 Å². The van der Waals surface area contributed by atoms with Crippen LogP contribution in [0.2, 0.25) is 0 Å². The molecule has 0 unspecified atom stereocenters. The summed E-state index contributed by atoms with van der Waals surface area (Å²) < 4.78 is 2.86. The van der Waals surface area contributed by atoms with Crippen LogP contribution in [0.25, 0.3) is 0 Å². The molecule has 1 aliphatic heterocycles. The van der Waals surface area contributed by atoms with Crippen molar-refractivity contribution in [1.29, 1.82) is 0 Å². The number of halogens is 1. The van der Waals surface area contributed by atoms with E-state index in [1.54, 1.807) is 6.34 Å². The number of rotatable bonds is 4. The van der Waals surface area contributed by atoms with Gasteiger partial charge in [0, 0.05) is 24.0 Å². The molecule has 2 aromatic rings. The van der Waals surface area contributed by atoms with E-state index in [1.165, 1.54) is 11.1 Å². The molecule has 1 aromatic heterocycles. The van der Waals surface area contributed by atoms with E-state index < -0.39 is 5.97 Å². The number of carboxylic acids is 1. The van der Waals surface area contributed by atoms with E-state index in [0.29, 0.717) is 5.56 Å². The van der Waals surface area contributed by atoms with Gasteiger partial charge < -0.3 is 15.0 Å². The monoisotopic (exact) mass is 416 g/mol. The van der Waals surface area contributed by atoms with Crippen molar-refractivity contribution < 1.29 is 9.90 Å². The van der Waals surface area contributed by atoms with Gasteiger partial charge in [0.25, 0.3) is 0 Å². The van der Waals surface area contributed by atoms with E-state index in [0.717, 1.165) is 73.2 Å². The summed E-state index contributed by atoms with van der Waals surface area (Å²) in [5, 5.41) is 12.8. The molecule has 26 heavy (non-hydrogen) atoms. The highest BCUT2D eigenvalue weighted by atomic mass is 79.9. The van der Waals surface area contributed by atoms with Crippen molar-refractivity contribution >= 4 is 34.1 Å². The van der Waals surface area contributed by atoms with E-state index >= 15 is 0 Å². The number of hydrogen-bond donors (Lipinski definition) is 2. The van der Waals surface area contributed by atoms with Crippen molar-refractivity contribution in [3.63, 3.8) is 0 Å². The van der Waals surface area contributed by atoms with E-state index in [9.17, 15) is 9.90 Å². The quantitative estimate of drug-likeness (QED) is 0.799. The van der Waals surface area contributed by atoms with Gasteiger partial charge in [-0.05, 0) is 70.8 Å².